The second kappa shape index (κ2) is 9.95. The van der Waals surface area contributed by atoms with Crippen molar-refractivity contribution < 1.29 is 18.8 Å². The van der Waals surface area contributed by atoms with Gasteiger partial charge in [0.1, 0.15) is 10.8 Å². The zero-order valence-electron chi connectivity index (χ0n) is 17.8. The van der Waals surface area contributed by atoms with E-state index in [2.05, 4.69) is 10.4 Å². The fourth-order valence-corrected chi connectivity index (χ4v) is 3.91. The van der Waals surface area contributed by atoms with Gasteiger partial charge in [0.25, 0.3) is 11.8 Å². The molecule has 170 valence electrons. The molecule has 1 aliphatic heterocycles. The van der Waals surface area contributed by atoms with Crippen molar-refractivity contribution in [1.29, 1.82) is 0 Å². The molecule has 0 saturated heterocycles. The third-order valence-electron chi connectivity index (χ3n) is 5.40. The molecule has 0 unspecified atom stereocenters. The molecule has 0 radical (unpaired) electrons. The number of rotatable bonds is 9. The molecule has 3 amide bonds. The molecule has 1 N–H and O–H groups in total. The zero-order valence-corrected chi connectivity index (χ0v) is 18.5. The molecular formula is C24H22ClFN4O3. The van der Waals surface area contributed by atoms with Crippen LogP contribution in [0.5, 0.6) is 0 Å². The largest absolute Gasteiger partial charge is 0.308 e. The van der Waals surface area contributed by atoms with Crippen molar-refractivity contribution in [2.24, 2.45) is 0 Å². The van der Waals surface area contributed by atoms with E-state index in [0.29, 0.717) is 48.5 Å². The van der Waals surface area contributed by atoms with Gasteiger partial charge in [0.15, 0.2) is 5.82 Å². The summed E-state index contributed by atoms with van der Waals surface area (Å²) in [6.07, 6.45) is 3.77. The van der Waals surface area contributed by atoms with Crippen LogP contribution in [0.25, 0.3) is 0 Å². The minimum absolute atomic E-state index is 0.218. The average Bonchev–Trinajstić information content (AvgIpc) is 3.26. The van der Waals surface area contributed by atoms with E-state index in [0.717, 1.165) is 5.56 Å². The topological polar surface area (TPSA) is 84.3 Å². The molecule has 2 aromatic carbocycles. The number of hydrogen-bond acceptors (Lipinski definition) is 4. The third kappa shape index (κ3) is 5.28. The van der Waals surface area contributed by atoms with Crippen LogP contribution in [0.4, 0.5) is 10.2 Å². The monoisotopic (exact) mass is 468 g/mol. The summed E-state index contributed by atoms with van der Waals surface area (Å²) < 4.78 is 14.6. The maximum Gasteiger partial charge on any atom is 0.261 e. The minimum atomic E-state index is -0.311. The van der Waals surface area contributed by atoms with Crippen molar-refractivity contribution in [1.82, 2.24) is 14.7 Å². The van der Waals surface area contributed by atoms with Crippen LogP contribution in [0.2, 0.25) is 5.02 Å². The molecule has 4 rings (SSSR count). The number of imide groups is 1. The number of amides is 3. The molecular weight excluding hydrogens is 447 g/mol. The smallest absolute Gasteiger partial charge is 0.261 e. The van der Waals surface area contributed by atoms with Crippen LogP contribution in [-0.2, 0) is 11.3 Å². The summed E-state index contributed by atoms with van der Waals surface area (Å²) in [7, 11) is 0. The van der Waals surface area contributed by atoms with Crippen LogP contribution in [0.3, 0.4) is 0 Å². The first-order valence-electron chi connectivity index (χ1n) is 10.6. The molecule has 9 heteroatoms. The number of hydrogen-bond donors (Lipinski definition) is 1. The Hall–Kier alpha value is -3.52. The van der Waals surface area contributed by atoms with Gasteiger partial charge >= 0.3 is 0 Å². The van der Waals surface area contributed by atoms with E-state index in [-0.39, 0.29) is 35.8 Å². The van der Waals surface area contributed by atoms with Crippen molar-refractivity contribution in [3.63, 3.8) is 0 Å². The van der Waals surface area contributed by atoms with Crippen molar-refractivity contribution >= 4 is 35.1 Å². The average molecular weight is 469 g/mol. The van der Waals surface area contributed by atoms with E-state index in [9.17, 15) is 18.8 Å². The molecule has 0 spiro atoms. The Balaban J connectivity index is 1.20. The highest BCUT2D eigenvalue weighted by molar-refractivity contribution is 6.33. The van der Waals surface area contributed by atoms with Gasteiger partial charge < -0.3 is 5.32 Å². The normalized spacial score (nSPS) is 12.8. The fourth-order valence-electron chi connectivity index (χ4n) is 3.71. The maximum atomic E-state index is 13.0. The zero-order chi connectivity index (χ0) is 23.4. The predicted molar refractivity (Wildman–Crippen MR) is 122 cm³/mol. The fraction of sp³-hybridized carbons (Fsp3) is 0.250. The summed E-state index contributed by atoms with van der Waals surface area (Å²) in [5, 5.41) is 7.30. The first kappa shape index (κ1) is 22.7. The molecule has 1 aromatic heterocycles. The van der Waals surface area contributed by atoms with E-state index >= 15 is 0 Å². The standard InChI is InChI=1S/C24H22ClFN4O3/c25-20-15-29(14-16-9-11-17(26)12-10-16)28-22(20)27-21(31)8-2-1-5-13-30-23(32)18-6-3-4-7-19(18)24(30)33/h3-4,6-7,9-12,15H,1-2,5,8,13-14H2,(H,27,28,31). The number of aromatic nitrogens is 2. The number of carbonyl (C=O) groups is 3. The van der Waals surface area contributed by atoms with Crippen LogP contribution in [0.15, 0.2) is 54.7 Å². The highest BCUT2D eigenvalue weighted by Crippen LogP contribution is 2.23. The van der Waals surface area contributed by atoms with E-state index in [1.54, 1.807) is 47.3 Å². The second-order valence-electron chi connectivity index (χ2n) is 7.82. The summed E-state index contributed by atoms with van der Waals surface area (Å²) in [6, 6.07) is 12.9. The number of nitrogens with one attached hydrogen (secondary N) is 1. The summed E-state index contributed by atoms with van der Waals surface area (Å²) in [5.74, 6) is -0.785. The Labute approximate surface area is 195 Å². The van der Waals surface area contributed by atoms with E-state index in [4.69, 9.17) is 11.6 Å². The molecule has 1 aliphatic rings. The van der Waals surface area contributed by atoms with Crippen molar-refractivity contribution in [2.75, 3.05) is 11.9 Å². The molecule has 7 nitrogen and oxygen atoms in total. The van der Waals surface area contributed by atoms with Crippen LogP contribution >= 0.6 is 11.6 Å². The van der Waals surface area contributed by atoms with Gasteiger partial charge in [0.05, 0.1) is 17.7 Å². The van der Waals surface area contributed by atoms with Crippen LogP contribution in [0, 0.1) is 5.82 Å². The quantitative estimate of drug-likeness (QED) is 0.369. The molecule has 0 bridgehead atoms. The Bertz CT molecular complexity index is 1160. The highest BCUT2D eigenvalue weighted by Gasteiger charge is 2.34. The molecule has 2 heterocycles. The maximum absolute atomic E-state index is 13.0. The molecule has 33 heavy (non-hydrogen) atoms. The number of halogens is 2. The highest BCUT2D eigenvalue weighted by atomic mass is 35.5. The van der Waals surface area contributed by atoms with Crippen molar-refractivity contribution in [3.8, 4) is 0 Å². The molecule has 3 aromatic rings. The second-order valence-corrected chi connectivity index (χ2v) is 8.22. The number of benzene rings is 2. The lowest BCUT2D eigenvalue weighted by atomic mass is 10.1. The first-order valence-corrected chi connectivity index (χ1v) is 11.0. The lowest BCUT2D eigenvalue weighted by molar-refractivity contribution is -0.116. The number of anilines is 1. The van der Waals surface area contributed by atoms with Gasteiger partial charge in [-0.15, -0.1) is 0 Å². The Morgan fingerprint density at radius 2 is 1.64 bits per heavy atom. The van der Waals surface area contributed by atoms with E-state index in [1.165, 1.54) is 17.0 Å². The summed E-state index contributed by atoms with van der Waals surface area (Å²) in [6.45, 7) is 0.723. The van der Waals surface area contributed by atoms with Crippen LogP contribution in [0.1, 0.15) is 52.0 Å². The van der Waals surface area contributed by atoms with E-state index in [1.807, 2.05) is 0 Å². The van der Waals surface area contributed by atoms with Gasteiger partial charge in [0, 0.05) is 19.2 Å². The first-order chi connectivity index (χ1) is 15.9. The molecule has 0 atom stereocenters. The molecule has 0 aliphatic carbocycles. The lowest BCUT2D eigenvalue weighted by Crippen LogP contribution is -2.30. The van der Waals surface area contributed by atoms with Gasteiger partial charge in [-0.25, -0.2) is 4.39 Å². The van der Waals surface area contributed by atoms with Crippen molar-refractivity contribution in [2.45, 2.75) is 32.2 Å². The van der Waals surface area contributed by atoms with Gasteiger partial charge in [-0.1, -0.05) is 42.3 Å². The molecule has 0 fully saturated rings. The Kier molecular flexibility index (Phi) is 6.84. The van der Waals surface area contributed by atoms with Crippen LogP contribution in [-0.4, -0.2) is 38.9 Å². The number of fused-ring (bicyclic) bond motifs is 1. The number of unbranched alkanes of at least 4 members (excludes halogenated alkanes) is 2. The van der Waals surface area contributed by atoms with Gasteiger partial charge in [-0.2, -0.15) is 5.10 Å². The Morgan fingerprint density at radius 3 is 2.30 bits per heavy atom. The van der Waals surface area contributed by atoms with E-state index < -0.39 is 0 Å². The lowest BCUT2D eigenvalue weighted by Gasteiger charge is -2.13. The number of carbonyl (C=O) groups excluding carboxylic acids is 3. The Morgan fingerprint density at radius 1 is 0.970 bits per heavy atom. The van der Waals surface area contributed by atoms with Gasteiger partial charge in [-0.3, -0.25) is 24.0 Å². The predicted octanol–water partition coefficient (Wildman–Crippen LogP) is 4.52. The summed E-state index contributed by atoms with van der Waals surface area (Å²) >= 11 is 6.18. The third-order valence-corrected chi connectivity index (χ3v) is 5.67. The molecule has 0 saturated carbocycles. The number of nitrogens with zero attached hydrogens (tertiary/aromatic N) is 3. The summed E-state index contributed by atoms with van der Waals surface area (Å²) in [5.41, 5.74) is 1.74. The van der Waals surface area contributed by atoms with Crippen LogP contribution < -0.4 is 5.32 Å². The van der Waals surface area contributed by atoms with Gasteiger partial charge in [-0.05, 0) is 42.7 Å². The van der Waals surface area contributed by atoms with Crippen molar-refractivity contribution in [3.05, 3.63) is 82.3 Å². The van der Waals surface area contributed by atoms with Gasteiger partial charge in [0.2, 0.25) is 5.91 Å². The minimum Gasteiger partial charge on any atom is -0.308 e. The SMILES string of the molecule is O=C(CCCCCN1C(=O)c2ccccc2C1=O)Nc1nn(Cc2ccc(F)cc2)cc1Cl. The summed E-state index contributed by atoms with van der Waals surface area (Å²) in [4.78, 5) is 38.2.